The summed E-state index contributed by atoms with van der Waals surface area (Å²) in [5.74, 6) is 0.621. The number of aromatic nitrogens is 1. The number of thiophene rings is 1. The number of fused-ring (bicyclic) bond motifs is 7. The minimum atomic E-state index is 0.621. The van der Waals surface area contributed by atoms with Crippen LogP contribution in [0.1, 0.15) is 0 Å². The summed E-state index contributed by atoms with van der Waals surface area (Å²) in [6.45, 7) is 3.73. The minimum Gasteiger partial charge on any atom is -0.277 e. The van der Waals surface area contributed by atoms with Gasteiger partial charge in [0.2, 0.25) is 5.96 Å². The van der Waals surface area contributed by atoms with Crippen molar-refractivity contribution in [3.8, 4) is 0 Å². The van der Waals surface area contributed by atoms with Crippen molar-refractivity contribution in [1.82, 2.24) is 4.57 Å². The third kappa shape index (κ3) is 1.86. The highest BCUT2D eigenvalue weighted by atomic mass is 32.1. The lowest BCUT2D eigenvalue weighted by molar-refractivity contribution is 1.20. The predicted molar refractivity (Wildman–Crippen MR) is 111 cm³/mol. The van der Waals surface area contributed by atoms with Crippen molar-refractivity contribution in [2.45, 2.75) is 0 Å². The normalized spacial score (nSPS) is 12.6. The third-order valence-electron chi connectivity index (χ3n) is 4.72. The third-order valence-corrected chi connectivity index (χ3v) is 5.91. The molecule has 0 aliphatic carbocycles. The molecule has 0 spiro atoms. The van der Waals surface area contributed by atoms with Crippen LogP contribution in [0.4, 0.5) is 0 Å². The second kappa shape index (κ2) is 5.26. The van der Waals surface area contributed by atoms with E-state index < -0.39 is 0 Å². The van der Waals surface area contributed by atoms with E-state index in [0.717, 1.165) is 11.0 Å². The molecule has 0 N–H and O–H groups in total. The topological polar surface area (TPSA) is 29.6 Å². The van der Waals surface area contributed by atoms with E-state index >= 15 is 0 Å². The van der Waals surface area contributed by atoms with Crippen LogP contribution in [-0.2, 0) is 0 Å². The quantitative estimate of drug-likeness (QED) is 0.255. The van der Waals surface area contributed by atoms with Crippen LogP contribution in [0, 0.1) is 0 Å². The van der Waals surface area contributed by atoms with E-state index in [1.165, 1.54) is 30.9 Å². The zero-order chi connectivity index (χ0) is 17.0. The van der Waals surface area contributed by atoms with Gasteiger partial charge in [0.25, 0.3) is 0 Å². The van der Waals surface area contributed by atoms with Gasteiger partial charge in [-0.05, 0) is 18.9 Å². The maximum absolute atomic E-state index is 4.37. The zero-order valence-corrected chi connectivity index (χ0v) is 14.5. The highest BCUT2D eigenvalue weighted by Gasteiger charge is 2.18. The maximum atomic E-state index is 4.37. The molecule has 0 radical (unpaired) electrons. The van der Waals surface area contributed by atoms with E-state index in [2.05, 4.69) is 81.9 Å². The molecular formula is C21H15N3S. The Morgan fingerprint density at radius 3 is 2.40 bits per heavy atom. The first-order valence-corrected chi connectivity index (χ1v) is 8.92. The van der Waals surface area contributed by atoms with Crippen molar-refractivity contribution >= 4 is 66.0 Å². The number of para-hydroxylation sites is 1. The SMILES string of the molecule is C=N/C(=N\C)n1c2ccccc2c2ccc3c4ccccc4sc3c21. The monoisotopic (exact) mass is 341 g/mol. The van der Waals surface area contributed by atoms with Crippen molar-refractivity contribution in [3.63, 3.8) is 0 Å². The second-order valence-corrected chi connectivity index (χ2v) is 7.02. The minimum absolute atomic E-state index is 0.621. The van der Waals surface area contributed by atoms with Crippen LogP contribution in [0.2, 0.25) is 0 Å². The summed E-state index contributed by atoms with van der Waals surface area (Å²) in [7, 11) is 1.76. The molecule has 0 saturated heterocycles. The predicted octanol–water partition coefficient (Wildman–Crippen LogP) is 5.70. The van der Waals surface area contributed by atoms with Crippen LogP contribution >= 0.6 is 11.3 Å². The molecular weight excluding hydrogens is 326 g/mol. The molecule has 25 heavy (non-hydrogen) atoms. The Kier molecular flexibility index (Phi) is 3.02. The van der Waals surface area contributed by atoms with Crippen LogP contribution < -0.4 is 0 Å². The molecule has 4 heteroatoms. The first-order chi connectivity index (χ1) is 12.3. The smallest absolute Gasteiger partial charge is 0.229 e. The van der Waals surface area contributed by atoms with Gasteiger partial charge in [0, 0.05) is 33.3 Å². The number of benzene rings is 3. The Balaban J connectivity index is 2.12. The molecule has 3 nitrogen and oxygen atoms in total. The average Bonchev–Trinajstić information content (AvgIpc) is 3.19. The molecule has 0 aliphatic heterocycles. The van der Waals surface area contributed by atoms with Crippen molar-refractivity contribution in [2.24, 2.45) is 9.98 Å². The summed E-state index contributed by atoms with van der Waals surface area (Å²) in [5, 5.41) is 5.00. The first-order valence-electron chi connectivity index (χ1n) is 8.11. The van der Waals surface area contributed by atoms with Crippen molar-refractivity contribution in [1.29, 1.82) is 0 Å². The first kappa shape index (κ1) is 14.4. The number of hydrogen-bond donors (Lipinski definition) is 0. The van der Waals surface area contributed by atoms with Gasteiger partial charge in [0.1, 0.15) is 0 Å². The van der Waals surface area contributed by atoms with Gasteiger partial charge in [0.05, 0.1) is 15.7 Å². The summed E-state index contributed by atoms with van der Waals surface area (Å²) in [4.78, 5) is 8.54. The number of aliphatic imine (C=N–C) groups is 2. The molecule has 120 valence electrons. The molecule has 5 aromatic rings. The lowest BCUT2D eigenvalue weighted by Crippen LogP contribution is -2.08. The van der Waals surface area contributed by atoms with E-state index in [-0.39, 0.29) is 0 Å². The van der Waals surface area contributed by atoms with Crippen molar-refractivity contribution in [3.05, 3.63) is 60.7 Å². The number of rotatable bonds is 0. The van der Waals surface area contributed by atoms with Crippen LogP contribution in [0.25, 0.3) is 42.0 Å². The molecule has 3 aromatic carbocycles. The fraction of sp³-hybridized carbons (Fsp3) is 0.0476. The summed E-state index contributed by atoms with van der Waals surface area (Å²) in [5.41, 5.74) is 2.27. The Hall–Kier alpha value is -2.98. The average molecular weight is 341 g/mol. The molecule has 0 atom stereocenters. The van der Waals surface area contributed by atoms with Gasteiger partial charge in [-0.3, -0.25) is 9.56 Å². The van der Waals surface area contributed by atoms with E-state index in [1.54, 1.807) is 7.05 Å². The molecule has 2 aromatic heterocycles. The Labute approximate surface area is 148 Å². The number of nitrogens with zero attached hydrogens (tertiary/aromatic N) is 3. The van der Waals surface area contributed by atoms with Gasteiger partial charge in [-0.1, -0.05) is 48.5 Å². The van der Waals surface area contributed by atoms with Crippen LogP contribution in [0.15, 0.2) is 70.6 Å². The van der Waals surface area contributed by atoms with E-state index in [0.29, 0.717) is 5.96 Å². The van der Waals surface area contributed by atoms with E-state index in [4.69, 9.17) is 0 Å². The molecule has 0 amide bonds. The number of hydrogen-bond acceptors (Lipinski definition) is 2. The summed E-state index contributed by atoms with van der Waals surface area (Å²) in [6.07, 6.45) is 0. The highest BCUT2D eigenvalue weighted by molar-refractivity contribution is 7.26. The molecule has 0 fully saturated rings. The summed E-state index contributed by atoms with van der Waals surface area (Å²) < 4.78 is 4.69. The fourth-order valence-electron chi connectivity index (χ4n) is 3.68. The lowest BCUT2D eigenvalue weighted by Gasteiger charge is -2.06. The van der Waals surface area contributed by atoms with Gasteiger partial charge < -0.3 is 0 Å². The van der Waals surface area contributed by atoms with E-state index in [1.807, 2.05) is 11.3 Å². The molecule has 5 rings (SSSR count). The van der Waals surface area contributed by atoms with E-state index in [9.17, 15) is 0 Å². The molecule has 0 saturated carbocycles. The largest absolute Gasteiger partial charge is 0.277 e. The van der Waals surface area contributed by atoms with Gasteiger partial charge in [-0.2, -0.15) is 0 Å². The molecule has 2 heterocycles. The molecule has 0 aliphatic rings. The van der Waals surface area contributed by atoms with Gasteiger partial charge in [-0.25, -0.2) is 4.99 Å². The van der Waals surface area contributed by atoms with Gasteiger partial charge in [0.15, 0.2) is 0 Å². The standard InChI is InChI=1S/C21H15N3S/c1-22-21(23-2)24-17-9-5-3-7-13(17)15-11-12-16-14-8-4-6-10-18(14)25-20(16)19(15)24/h3-12H,1H2,2H3/b23-21+. The molecule has 0 bridgehead atoms. The fourth-order valence-corrected chi connectivity index (χ4v) is 4.92. The molecule has 0 unspecified atom stereocenters. The van der Waals surface area contributed by atoms with Gasteiger partial charge >= 0.3 is 0 Å². The second-order valence-electron chi connectivity index (χ2n) is 5.97. The zero-order valence-electron chi connectivity index (χ0n) is 13.7. The van der Waals surface area contributed by atoms with Crippen molar-refractivity contribution in [2.75, 3.05) is 7.05 Å². The Morgan fingerprint density at radius 1 is 0.880 bits per heavy atom. The Morgan fingerprint density at radius 2 is 1.60 bits per heavy atom. The maximum Gasteiger partial charge on any atom is 0.229 e. The van der Waals surface area contributed by atoms with Crippen molar-refractivity contribution < 1.29 is 0 Å². The Bertz CT molecular complexity index is 1320. The van der Waals surface area contributed by atoms with Gasteiger partial charge in [-0.15, -0.1) is 11.3 Å². The van der Waals surface area contributed by atoms with Crippen LogP contribution in [0.5, 0.6) is 0 Å². The van der Waals surface area contributed by atoms with Crippen LogP contribution in [0.3, 0.4) is 0 Å². The summed E-state index contributed by atoms with van der Waals surface area (Å²) in [6, 6.07) is 21.4. The van der Waals surface area contributed by atoms with Crippen LogP contribution in [-0.4, -0.2) is 24.3 Å². The highest BCUT2D eigenvalue weighted by Crippen LogP contribution is 2.41. The summed E-state index contributed by atoms with van der Waals surface area (Å²) >= 11 is 1.82. The lowest BCUT2D eigenvalue weighted by atomic mass is 10.1.